The van der Waals surface area contributed by atoms with Crippen LogP contribution in [0.3, 0.4) is 0 Å². The number of imide groups is 1. The van der Waals surface area contributed by atoms with E-state index in [2.05, 4.69) is 20.9 Å². The smallest absolute Gasteiger partial charge is 0.321 e. The number of hydrogen-bond acceptors (Lipinski definition) is 4. The molecule has 2 fully saturated rings. The Morgan fingerprint density at radius 1 is 1.29 bits per heavy atom. The third-order valence-corrected chi connectivity index (χ3v) is 3.81. The molecule has 2 saturated heterocycles. The summed E-state index contributed by atoms with van der Waals surface area (Å²) in [6.45, 7) is 5.84. The predicted molar refractivity (Wildman–Crippen MR) is 63.5 cm³/mol. The molecule has 2 aliphatic heterocycles. The molecule has 2 aliphatic rings. The van der Waals surface area contributed by atoms with E-state index in [0.29, 0.717) is 11.8 Å². The first kappa shape index (κ1) is 12.3. The molecule has 0 bridgehead atoms. The molecule has 3 amide bonds. The van der Waals surface area contributed by atoms with Gasteiger partial charge in [-0.1, -0.05) is 0 Å². The van der Waals surface area contributed by atoms with Crippen molar-refractivity contribution in [1.82, 2.24) is 20.9 Å². The number of nitrogens with one attached hydrogen (secondary N) is 3. The largest absolute Gasteiger partial charge is 0.341 e. The second kappa shape index (κ2) is 5.01. The van der Waals surface area contributed by atoms with Crippen LogP contribution < -0.4 is 16.0 Å². The standard InChI is InChI=1S/C11H20N4O2/c1-7(10(16)14-11(17)12-2)15-5-8-3-13-4-9(8)6-15/h7-9,13H,3-6H2,1-2H3,(H2,12,14,16,17)/t7?,8-,9+. The summed E-state index contributed by atoms with van der Waals surface area (Å²) >= 11 is 0. The van der Waals surface area contributed by atoms with Crippen molar-refractivity contribution in [3.63, 3.8) is 0 Å². The Morgan fingerprint density at radius 2 is 1.88 bits per heavy atom. The Hall–Kier alpha value is -1.14. The average molecular weight is 240 g/mol. The Labute approximate surface area is 101 Å². The quantitative estimate of drug-likeness (QED) is 0.578. The van der Waals surface area contributed by atoms with E-state index in [1.165, 1.54) is 7.05 Å². The van der Waals surface area contributed by atoms with E-state index in [1.54, 1.807) is 0 Å². The first-order valence-corrected chi connectivity index (χ1v) is 6.09. The van der Waals surface area contributed by atoms with Gasteiger partial charge in [-0.2, -0.15) is 0 Å². The number of hydrogen-bond donors (Lipinski definition) is 3. The van der Waals surface area contributed by atoms with Gasteiger partial charge in [-0.15, -0.1) is 0 Å². The molecule has 2 heterocycles. The van der Waals surface area contributed by atoms with Crippen LogP contribution in [0.25, 0.3) is 0 Å². The van der Waals surface area contributed by atoms with Crippen molar-refractivity contribution in [1.29, 1.82) is 0 Å². The highest BCUT2D eigenvalue weighted by Crippen LogP contribution is 2.27. The minimum Gasteiger partial charge on any atom is -0.341 e. The second-order valence-electron chi connectivity index (χ2n) is 4.88. The van der Waals surface area contributed by atoms with Crippen LogP contribution in [0.5, 0.6) is 0 Å². The Morgan fingerprint density at radius 3 is 2.41 bits per heavy atom. The second-order valence-corrected chi connectivity index (χ2v) is 4.88. The van der Waals surface area contributed by atoms with E-state index in [4.69, 9.17) is 0 Å². The Kier molecular flexibility index (Phi) is 3.63. The molecule has 17 heavy (non-hydrogen) atoms. The van der Waals surface area contributed by atoms with Gasteiger partial charge in [0.1, 0.15) is 0 Å². The highest BCUT2D eigenvalue weighted by molar-refractivity contribution is 5.96. The lowest BCUT2D eigenvalue weighted by molar-refractivity contribution is -0.124. The van der Waals surface area contributed by atoms with Gasteiger partial charge in [0, 0.05) is 20.1 Å². The topological polar surface area (TPSA) is 73.5 Å². The zero-order valence-corrected chi connectivity index (χ0v) is 10.3. The van der Waals surface area contributed by atoms with Gasteiger partial charge < -0.3 is 10.6 Å². The van der Waals surface area contributed by atoms with Crippen molar-refractivity contribution in [2.24, 2.45) is 11.8 Å². The normalized spacial score (nSPS) is 29.8. The van der Waals surface area contributed by atoms with Crippen LogP contribution in [-0.2, 0) is 4.79 Å². The highest BCUT2D eigenvalue weighted by Gasteiger charge is 2.39. The molecular formula is C11H20N4O2. The number of carbonyl (C=O) groups is 2. The van der Waals surface area contributed by atoms with Gasteiger partial charge in [0.05, 0.1) is 6.04 Å². The lowest BCUT2D eigenvalue weighted by Crippen LogP contribution is -2.48. The molecule has 0 aromatic rings. The van der Waals surface area contributed by atoms with Crippen molar-refractivity contribution in [3.8, 4) is 0 Å². The lowest BCUT2D eigenvalue weighted by Gasteiger charge is -2.23. The van der Waals surface area contributed by atoms with Gasteiger partial charge >= 0.3 is 6.03 Å². The fourth-order valence-corrected chi connectivity index (χ4v) is 2.65. The molecule has 6 heteroatoms. The van der Waals surface area contributed by atoms with Crippen LogP contribution in [0, 0.1) is 11.8 Å². The number of rotatable bonds is 2. The molecule has 0 radical (unpaired) electrons. The minimum atomic E-state index is -0.442. The first-order chi connectivity index (χ1) is 8.11. The maximum absolute atomic E-state index is 11.8. The maximum atomic E-state index is 11.8. The van der Waals surface area contributed by atoms with E-state index in [0.717, 1.165) is 26.2 Å². The molecule has 0 saturated carbocycles. The molecule has 0 aromatic heterocycles. The lowest BCUT2D eigenvalue weighted by atomic mass is 10.0. The maximum Gasteiger partial charge on any atom is 0.321 e. The number of nitrogens with zero attached hydrogens (tertiary/aromatic N) is 1. The van der Waals surface area contributed by atoms with E-state index >= 15 is 0 Å². The zero-order chi connectivity index (χ0) is 12.4. The molecule has 3 N–H and O–H groups in total. The summed E-state index contributed by atoms with van der Waals surface area (Å²) in [6.07, 6.45) is 0. The molecule has 96 valence electrons. The van der Waals surface area contributed by atoms with Crippen LogP contribution in [0.1, 0.15) is 6.92 Å². The van der Waals surface area contributed by atoms with E-state index in [1.807, 2.05) is 6.92 Å². The van der Waals surface area contributed by atoms with Gasteiger partial charge in [0.25, 0.3) is 0 Å². The Bertz CT molecular complexity index is 309. The molecule has 3 atom stereocenters. The van der Waals surface area contributed by atoms with Gasteiger partial charge in [-0.05, 0) is 31.8 Å². The van der Waals surface area contributed by atoms with E-state index in [9.17, 15) is 9.59 Å². The molecule has 2 rings (SSSR count). The SMILES string of the molecule is CNC(=O)NC(=O)C(C)N1C[C@H]2CNC[C@H]2C1. The fraction of sp³-hybridized carbons (Fsp3) is 0.818. The molecule has 0 aliphatic carbocycles. The van der Waals surface area contributed by atoms with Crippen LogP contribution in [0.15, 0.2) is 0 Å². The van der Waals surface area contributed by atoms with Crippen LogP contribution in [0.2, 0.25) is 0 Å². The van der Waals surface area contributed by atoms with Crippen LogP contribution in [-0.4, -0.2) is 56.1 Å². The summed E-state index contributed by atoms with van der Waals surface area (Å²) < 4.78 is 0. The van der Waals surface area contributed by atoms with Crippen molar-refractivity contribution in [3.05, 3.63) is 0 Å². The number of likely N-dealkylation sites (tertiary alicyclic amines) is 1. The van der Waals surface area contributed by atoms with Gasteiger partial charge in [-0.3, -0.25) is 15.0 Å². The van der Waals surface area contributed by atoms with Crippen LogP contribution >= 0.6 is 0 Å². The van der Waals surface area contributed by atoms with Gasteiger partial charge in [-0.25, -0.2) is 4.79 Å². The average Bonchev–Trinajstić information content (AvgIpc) is 2.87. The van der Waals surface area contributed by atoms with Crippen molar-refractivity contribution < 1.29 is 9.59 Å². The number of amides is 3. The monoisotopic (exact) mass is 240 g/mol. The van der Waals surface area contributed by atoms with Gasteiger partial charge in [0.2, 0.25) is 5.91 Å². The third-order valence-electron chi connectivity index (χ3n) is 3.81. The molecule has 1 unspecified atom stereocenters. The summed E-state index contributed by atoms with van der Waals surface area (Å²) in [4.78, 5) is 25.0. The minimum absolute atomic E-state index is 0.225. The van der Waals surface area contributed by atoms with Crippen LogP contribution in [0.4, 0.5) is 4.79 Å². The van der Waals surface area contributed by atoms with E-state index in [-0.39, 0.29) is 11.9 Å². The van der Waals surface area contributed by atoms with Crippen molar-refractivity contribution >= 4 is 11.9 Å². The number of urea groups is 1. The summed E-state index contributed by atoms with van der Waals surface area (Å²) in [5.41, 5.74) is 0. The van der Waals surface area contributed by atoms with Crippen molar-refractivity contribution in [2.75, 3.05) is 33.2 Å². The number of fused-ring (bicyclic) bond motifs is 1. The van der Waals surface area contributed by atoms with Gasteiger partial charge in [0.15, 0.2) is 0 Å². The summed E-state index contributed by atoms with van der Waals surface area (Å²) in [6, 6.07) is -0.680. The third kappa shape index (κ3) is 2.58. The molecule has 0 spiro atoms. The van der Waals surface area contributed by atoms with Crippen molar-refractivity contribution in [2.45, 2.75) is 13.0 Å². The number of carbonyl (C=O) groups excluding carboxylic acids is 2. The first-order valence-electron chi connectivity index (χ1n) is 6.09. The molecular weight excluding hydrogens is 220 g/mol. The summed E-state index contributed by atoms with van der Waals surface area (Å²) in [5, 5.41) is 8.07. The highest BCUT2D eigenvalue weighted by atomic mass is 16.2. The predicted octanol–water partition coefficient (Wildman–Crippen LogP) is -1.02. The Balaban J connectivity index is 1.86. The fourth-order valence-electron chi connectivity index (χ4n) is 2.65. The summed E-state index contributed by atoms with van der Waals surface area (Å²) in [7, 11) is 1.50. The van der Waals surface area contributed by atoms with E-state index < -0.39 is 6.03 Å². The summed E-state index contributed by atoms with van der Waals surface area (Å²) in [5.74, 6) is 1.09. The molecule has 6 nitrogen and oxygen atoms in total. The zero-order valence-electron chi connectivity index (χ0n) is 10.3. The molecule has 0 aromatic carbocycles.